The number of hydrogen-bond donors (Lipinski definition) is 1. The van der Waals surface area contributed by atoms with Gasteiger partial charge in [0.25, 0.3) is 0 Å². The maximum absolute atomic E-state index is 6.35. The molecule has 0 aliphatic heterocycles. The molecule has 0 saturated carbocycles. The lowest BCUT2D eigenvalue weighted by molar-refractivity contribution is 0.484. The second-order valence-electron chi connectivity index (χ2n) is 7.68. The molecule has 174 valence electrons. The summed E-state index contributed by atoms with van der Waals surface area (Å²) in [6.07, 6.45) is 7.00. The zero-order valence-electron chi connectivity index (χ0n) is 18.7. The standard InChI is InChI=1S/C27H17BrN6OS/c28-18-16-32-21(15-23(18)35-22-10-5-9-19-17(22)7-6-14-29-19)26-25(20-8-1-3-12-30-20)34-27(36-26)33-24-11-2-4-13-31-24/h1-16H,(H,31,33,34). The van der Waals surface area contributed by atoms with Crippen LogP contribution >= 0.6 is 27.3 Å². The number of fused-ring (bicyclic) bond motifs is 1. The number of benzene rings is 1. The van der Waals surface area contributed by atoms with Crippen LogP contribution in [0, 0.1) is 0 Å². The highest BCUT2D eigenvalue weighted by Crippen LogP contribution is 2.41. The third-order valence-electron chi connectivity index (χ3n) is 5.31. The highest BCUT2D eigenvalue weighted by atomic mass is 79.9. The molecule has 0 unspecified atom stereocenters. The van der Waals surface area contributed by atoms with E-state index in [-0.39, 0.29) is 0 Å². The molecular formula is C27H17BrN6OS. The number of hydrogen-bond acceptors (Lipinski definition) is 8. The van der Waals surface area contributed by atoms with E-state index in [0.717, 1.165) is 37.3 Å². The lowest BCUT2D eigenvalue weighted by atomic mass is 10.2. The van der Waals surface area contributed by atoms with Crippen molar-refractivity contribution in [3.63, 3.8) is 0 Å². The van der Waals surface area contributed by atoms with Gasteiger partial charge in [-0.2, -0.15) is 0 Å². The Hall–Kier alpha value is -4.21. The van der Waals surface area contributed by atoms with Crippen LogP contribution in [0.3, 0.4) is 0 Å². The summed E-state index contributed by atoms with van der Waals surface area (Å²) in [5.41, 5.74) is 3.07. The van der Waals surface area contributed by atoms with Crippen molar-refractivity contribution in [1.82, 2.24) is 24.9 Å². The van der Waals surface area contributed by atoms with Gasteiger partial charge in [0, 0.05) is 36.2 Å². The van der Waals surface area contributed by atoms with E-state index in [2.05, 4.69) is 41.2 Å². The van der Waals surface area contributed by atoms with Gasteiger partial charge in [-0.25, -0.2) is 9.97 Å². The smallest absolute Gasteiger partial charge is 0.189 e. The van der Waals surface area contributed by atoms with E-state index in [1.54, 1.807) is 24.8 Å². The Labute approximate surface area is 219 Å². The number of anilines is 2. The summed E-state index contributed by atoms with van der Waals surface area (Å²) in [5, 5.41) is 4.90. The lowest BCUT2D eigenvalue weighted by Crippen LogP contribution is -1.92. The second kappa shape index (κ2) is 9.80. The van der Waals surface area contributed by atoms with Crippen molar-refractivity contribution < 1.29 is 4.74 Å². The Morgan fingerprint density at radius 1 is 0.750 bits per heavy atom. The number of halogens is 1. The van der Waals surface area contributed by atoms with Crippen LogP contribution in [0.1, 0.15) is 0 Å². The van der Waals surface area contributed by atoms with Gasteiger partial charge in [-0.3, -0.25) is 15.0 Å². The van der Waals surface area contributed by atoms with E-state index >= 15 is 0 Å². The van der Waals surface area contributed by atoms with E-state index in [9.17, 15) is 0 Å². The molecule has 7 nitrogen and oxygen atoms in total. The van der Waals surface area contributed by atoms with Gasteiger partial charge in [0.05, 0.1) is 26.3 Å². The molecule has 0 radical (unpaired) electrons. The second-order valence-corrected chi connectivity index (χ2v) is 9.53. The van der Waals surface area contributed by atoms with Crippen LogP contribution in [-0.4, -0.2) is 24.9 Å². The van der Waals surface area contributed by atoms with Crippen LogP contribution < -0.4 is 10.1 Å². The maximum Gasteiger partial charge on any atom is 0.189 e. The summed E-state index contributed by atoms with van der Waals surface area (Å²) in [6.45, 7) is 0. The topological polar surface area (TPSA) is 85.7 Å². The maximum atomic E-state index is 6.35. The van der Waals surface area contributed by atoms with Crippen molar-refractivity contribution in [2.24, 2.45) is 0 Å². The average molecular weight is 553 g/mol. The fraction of sp³-hybridized carbons (Fsp3) is 0. The Bertz CT molecular complexity index is 1650. The first kappa shape index (κ1) is 22.3. The molecule has 0 bridgehead atoms. The molecule has 0 aliphatic rings. The van der Waals surface area contributed by atoms with Crippen molar-refractivity contribution in [2.75, 3.05) is 5.32 Å². The molecule has 0 saturated heterocycles. The first-order valence-corrected chi connectivity index (χ1v) is 12.6. The predicted molar refractivity (Wildman–Crippen MR) is 146 cm³/mol. The molecule has 6 rings (SSSR count). The van der Waals surface area contributed by atoms with Crippen molar-refractivity contribution in [3.05, 3.63) is 102 Å². The monoisotopic (exact) mass is 552 g/mol. The van der Waals surface area contributed by atoms with Crippen molar-refractivity contribution in [1.29, 1.82) is 0 Å². The number of aromatic nitrogens is 5. The summed E-state index contributed by atoms with van der Waals surface area (Å²) in [6, 6.07) is 23.1. The van der Waals surface area contributed by atoms with Gasteiger partial charge >= 0.3 is 0 Å². The average Bonchev–Trinajstić information content (AvgIpc) is 3.35. The summed E-state index contributed by atoms with van der Waals surface area (Å²) < 4.78 is 7.09. The molecule has 0 atom stereocenters. The molecule has 5 heterocycles. The first-order chi connectivity index (χ1) is 17.7. The molecule has 1 aromatic carbocycles. The van der Waals surface area contributed by atoms with E-state index in [4.69, 9.17) is 9.72 Å². The minimum atomic E-state index is 0.635. The Kier molecular flexibility index (Phi) is 6.06. The van der Waals surface area contributed by atoms with Crippen molar-refractivity contribution in [3.8, 4) is 33.5 Å². The van der Waals surface area contributed by atoms with Gasteiger partial charge in [0.1, 0.15) is 23.0 Å². The van der Waals surface area contributed by atoms with Gasteiger partial charge in [-0.05, 0) is 64.5 Å². The normalized spacial score (nSPS) is 10.9. The van der Waals surface area contributed by atoms with Gasteiger partial charge < -0.3 is 10.1 Å². The van der Waals surface area contributed by atoms with Crippen LogP contribution in [0.4, 0.5) is 10.9 Å². The number of nitrogens with zero attached hydrogens (tertiary/aromatic N) is 5. The minimum Gasteiger partial charge on any atom is -0.455 e. The number of rotatable bonds is 6. The summed E-state index contributed by atoms with van der Waals surface area (Å²) in [7, 11) is 0. The lowest BCUT2D eigenvalue weighted by Gasteiger charge is -2.11. The highest BCUT2D eigenvalue weighted by molar-refractivity contribution is 9.10. The van der Waals surface area contributed by atoms with Crippen LogP contribution in [0.25, 0.3) is 32.9 Å². The van der Waals surface area contributed by atoms with Crippen LogP contribution in [-0.2, 0) is 0 Å². The number of nitrogens with one attached hydrogen (secondary N) is 1. The third-order valence-corrected chi connectivity index (χ3v) is 6.90. The van der Waals surface area contributed by atoms with E-state index in [1.165, 1.54) is 11.3 Å². The van der Waals surface area contributed by atoms with E-state index in [0.29, 0.717) is 22.4 Å². The first-order valence-electron chi connectivity index (χ1n) is 11.0. The van der Waals surface area contributed by atoms with Crippen LogP contribution in [0.2, 0.25) is 0 Å². The van der Waals surface area contributed by atoms with Gasteiger partial charge in [0.2, 0.25) is 0 Å². The predicted octanol–water partition coefficient (Wildman–Crippen LogP) is 7.51. The molecule has 36 heavy (non-hydrogen) atoms. The SMILES string of the molecule is Brc1cnc(-c2sc(Nc3ccccn3)nc2-c2ccccn2)cc1Oc1cccc2ncccc12. The highest BCUT2D eigenvalue weighted by Gasteiger charge is 2.19. The molecule has 1 N–H and O–H groups in total. The zero-order chi connectivity index (χ0) is 24.3. The van der Waals surface area contributed by atoms with Gasteiger partial charge in [-0.1, -0.05) is 29.5 Å². The molecule has 5 aromatic heterocycles. The number of thiazole rings is 1. The quantitative estimate of drug-likeness (QED) is 0.229. The Morgan fingerprint density at radius 3 is 2.44 bits per heavy atom. The summed E-state index contributed by atoms with van der Waals surface area (Å²) in [4.78, 5) is 23.7. The zero-order valence-corrected chi connectivity index (χ0v) is 21.1. The molecule has 9 heteroatoms. The fourth-order valence-electron chi connectivity index (χ4n) is 3.68. The number of pyridine rings is 4. The van der Waals surface area contributed by atoms with Crippen molar-refractivity contribution in [2.45, 2.75) is 0 Å². The van der Waals surface area contributed by atoms with Crippen LogP contribution in [0.5, 0.6) is 11.5 Å². The van der Waals surface area contributed by atoms with Crippen LogP contribution in [0.15, 0.2) is 102 Å². The van der Waals surface area contributed by atoms with E-state index in [1.807, 2.05) is 72.8 Å². The number of ether oxygens (including phenoxy) is 1. The third kappa shape index (κ3) is 4.53. The molecule has 0 amide bonds. The molecule has 0 fully saturated rings. The largest absolute Gasteiger partial charge is 0.455 e. The molecule has 0 aliphatic carbocycles. The van der Waals surface area contributed by atoms with Gasteiger partial charge in [0.15, 0.2) is 5.13 Å². The van der Waals surface area contributed by atoms with E-state index < -0.39 is 0 Å². The molecular weight excluding hydrogens is 536 g/mol. The summed E-state index contributed by atoms with van der Waals surface area (Å²) >= 11 is 5.07. The van der Waals surface area contributed by atoms with Crippen molar-refractivity contribution >= 4 is 49.1 Å². The fourth-order valence-corrected chi connectivity index (χ4v) is 4.92. The Balaban J connectivity index is 1.42. The molecule has 6 aromatic rings. The molecule has 0 spiro atoms. The summed E-state index contributed by atoms with van der Waals surface area (Å²) in [5.74, 6) is 2.06. The minimum absolute atomic E-state index is 0.635. The Morgan fingerprint density at radius 2 is 1.61 bits per heavy atom. The van der Waals surface area contributed by atoms with Gasteiger partial charge in [-0.15, -0.1) is 0 Å².